The lowest BCUT2D eigenvalue weighted by Crippen LogP contribution is -2.23. The van der Waals surface area contributed by atoms with E-state index in [4.69, 9.17) is 13.9 Å². The maximum Gasteiger partial charge on any atom is 0.262 e. The molecule has 1 aromatic heterocycles. The molecular formula is C22H22N2O5. The highest BCUT2D eigenvalue weighted by molar-refractivity contribution is 5.97. The zero-order valence-electron chi connectivity index (χ0n) is 16.2. The van der Waals surface area contributed by atoms with Gasteiger partial charge in [-0.2, -0.15) is 0 Å². The van der Waals surface area contributed by atoms with E-state index in [0.717, 1.165) is 5.56 Å². The molecule has 2 N–H and O–H groups in total. The van der Waals surface area contributed by atoms with Crippen LogP contribution in [-0.2, 0) is 11.3 Å². The van der Waals surface area contributed by atoms with Gasteiger partial charge in [-0.15, -0.1) is 0 Å². The highest BCUT2D eigenvalue weighted by atomic mass is 16.5. The first-order valence-corrected chi connectivity index (χ1v) is 9.03. The minimum atomic E-state index is -0.347. The molecule has 0 atom stereocenters. The normalized spacial score (nSPS) is 10.3. The lowest BCUT2D eigenvalue weighted by atomic mass is 10.2. The van der Waals surface area contributed by atoms with Gasteiger partial charge in [0.1, 0.15) is 5.76 Å². The van der Waals surface area contributed by atoms with Crippen molar-refractivity contribution in [1.82, 2.24) is 5.32 Å². The van der Waals surface area contributed by atoms with Crippen LogP contribution in [-0.4, -0.2) is 25.5 Å². The third-order valence-electron chi connectivity index (χ3n) is 4.09. The number of ether oxygens (including phenoxy) is 2. The van der Waals surface area contributed by atoms with E-state index in [1.165, 1.54) is 0 Å². The molecule has 0 aliphatic carbocycles. The lowest BCUT2D eigenvalue weighted by Gasteiger charge is -2.12. The molecule has 0 aliphatic rings. The second kappa shape index (κ2) is 9.45. The molecule has 150 valence electrons. The molecule has 0 bridgehead atoms. The molecule has 0 aliphatic heterocycles. The maximum atomic E-state index is 12.3. The molecule has 0 unspecified atom stereocenters. The zero-order chi connectivity index (χ0) is 20.6. The summed E-state index contributed by atoms with van der Waals surface area (Å²) in [6, 6.07) is 15.7. The highest BCUT2D eigenvalue weighted by Crippen LogP contribution is 2.27. The molecule has 7 heteroatoms. The van der Waals surface area contributed by atoms with Crippen LogP contribution in [0.15, 0.2) is 65.3 Å². The van der Waals surface area contributed by atoms with Crippen LogP contribution in [0.4, 0.5) is 5.69 Å². The van der Waals surface area contributed by atoms with Crippen molar-refractivity contribution in [3.63, 3.8) is 0 Å². The van der Waals surface area contributed by atoms with Crippen LogP contribution < -0.4 is 20.1 Å². The third-order valence-corrected chi connectivity index (χ3v) is 4.09. The molecule has 0 spiro atoms. The first-order chi connectivity index (χ1) is 14.0. The summed E-state index contributed by atoms with van der Waals surface area (Å²) in [5, 5.41) is 5.48. The Morgan fingerprint density at radius 3 is 2.66 bits per heavy atom. The maximum absolute atomic E-state index is 12.3. The zero-order valence-corrected chi connectivity index (χ0v) is 16.2. The molecule has 3 rings (SSSR count). The Kier molecular flexibility index (Phi) is 6.52. The van der Waals surface area contributed by atoms with Gasteiger partial charge < -0.3 is 24.5 Å². The van der Waals surface area contributed by atoms with Gasteiger partial charge in [0.25, 0.3) is 11.8 Å². The summed E-state index contributed by atoms with van der Waals surface area (Å²) in [6.45, 7) is 2.04. The Morgan fingerprint density at radius 2 is 1.90 bits per heavy atom. The van der Waals surface area contributed by atoms with Crippen molar-refractivity contribution in [3.8, 4) is 11.5 Å². The van der Waals surface area contributed by atoms with Crippen molar-refractivity contribution >= 4 is 17.5 Å². The van der Waals surface area contributed by atoms with Crippen LogP contribution >= 0.6 is 0 Å². The summed E-state index contributed by atoms with van der Waals surface area (Å²) < 4.78 is 16.0. The fourth-order valence-corrected chi connectivity index (χ4v) is 2.66. The van der Waals surface area contributed by atoms with E-state index in [9.17, 15) is 9.59 Å². The quantitative estimate of drug-likeness (QED) is 0.610. The number of hydrogen-bond acceptors (Lipinski definition) is 5. The van der Waals surface area contributed by atoms with Gasteiger partial charge in [-0.05, 0) is 55.0 Å². The Hall–Kier alpha value is -3.74. The first kappa shape index (κ1) is 20.0. The number of methoxy groups -OCH3 is 1. The predicted molar refractivity (Wildman–Crippen MR) is 108 cm³/mol. The van der Waals surface area contributed by atoms with Crippen molar-refractivity contribution in [2.24, 2.45) is 0 Å². The number of furan rings is 1. The number of anilines is 1. The number of aryl methyl sites for hydroxylation is 1. The second-order valence-electron chi connectivity index (χ2n) is 6.33. The fourth-order valence-electron chi connectivity index (χ4n) is 2.66. The highest BCUT2D eigenvalue weighted by Gasteiger charge is 2.11. The molecule has 2 amide bonds. The summed E-state index contributed by atoms with van der Waals surface area (Å²) in [7, 11) is 1.55. The Balaban J connectivity index is 1.55. The molecule has 1 heterocycles. The van der Waals surface area contributed by atoms with E-state index in [2.05, 4.69) is 10.6 Å². The smallest absolute Gasteiger partial charge is 0.262 e. The number of carbonyl (C=O) groups excluding carboxylic acids is 2. The molecule has 0 saturated carbocycles. The average Bonchev–Trinajstić information content (AvgIpc) is 3.25. The Bertz CT molecular complexity index is 983. The Morgan fingerprint density at radius 1 is 1.03 bits per heavy atom. The summed E-state index contributed by atoms with van der Waals surface area (Å²) in [5.74, 6) is 1.10. The van der Waals surface area contributed by atoms with Crippen molar-refractivity contribution < 1.29 is 23.5 Å². The van der Waals surface area contributed by atoms with Crippen LogP contribution in [0.5, 0.6) is 11.5 Å². The minimum absolute atomic E-state index is 0.186. The van der Waals surface area contributed by atoms with E-state index in [0.29, 0.717) is 28.5 Å². The SMILES string of the molecule is COc1cc(C)ccc1OCC(=O)Nc1cccc(C(=O)NCc2ccco2)c1. The molecule has 0 radical (unpaired) electrons. The summed E-state index contributed by atoms with van der Waals surface area (Å²) in [4.78, 5) is 24.5. The molecule has 7 nitrogen and oxygen atoms in total. The largest absolute Gasteiger partial charge is 0.493 e. The van der Waals surface area contributed by atoms with Crippen molar-refractivity contribution in [2.75, 3.05) is 19.0 Å². The number of nitrogens with one attached hydrogen (secondary N) is 2. The van der Waals surface area contributed by atoms with E-state index < -0.39 is 0 Å². The van der Waals surface area contributed by atoms with Crippen LogP contribution in [0, 0.1) is 6.92 Å². The van der Waals surface area contributed by atoms with Gasteiger partial charge in [-0.25, -0.2) is 0 Å². The first-order valence-electron chi connectivity index (χ1n) is 9.03. The molecule has 2 aromatic carbocycles. The number of amides is 2. The number of hydrogen-bond donors (Lipinski definition) is 2. The van der Waals surface area contributed by atoms with Crippen molar-refractivity contribution in [1.29, 1.82) is 0 Å². The lowest BCUT2D eigenvalue weighted by molar-refractivity contribution is -0.118. The average molecular weight is 394 g/mol. The van der Waals surface area contributed by atoms with Crippen molar-refractivity contribution in [3.05, 3.63) is 77.7 Å². The predicted octanol–water partition coefficient (Wildman–Crippen LogP) is 3.54. The monoisotopic (exact) mass is 394 g/mol. The van der Waals surface area contributed by atoms with E-state index in [-0.39, 0.29) is 25.0 Å². The molecule has 0 fully saturated rings. The van der Waals surface area contributed by atoms with Crippen LogP contribution in [0.25, 0.3) is 0 Å². The molecule has 3 aromatic rings. The van der Waals surface area contributed by atoms with Gasteiger partial charge in [-0.1, -0.05) is 12.1 Å². The number of rotatable bonds is 8. The van der Waals surface area contributed by atoms with E-state index in [1.54, 1.807) is 55.8 Å². The standard InChI is InChI=1S/C22H22N2O5/c1-15-8-9-19(20(11-15)27-2)29-14-21(25)24-17-6-3-5-16(12-17)22(26)23-13-18-7-4-10-28-18/h3-12H,13-14H2,1-2H3,(H,23,26)(H,24,25). The van der Waals surface area contributed by atoms with Crippen molar-refractivity contribution in [2.45, 2.75) is 13.5 Å². The molecule has 29 heavy (non-hydrogen) atoms. The second-order valence-corrected chi connectivity index (χ2v) is 6.33. The van der Waals surface area contributed by atoms with Crippen LogP contribution in [0.1, 0.15) is 21.7 Å². The third kappa shape index (κ3) is 5.62. The van der Waals surface area contributed by atoms with E-state index in [1.807, 2.05) is 19.1 Å². The molecular weight excluding hydrogens is 372 g/mol. The van der Waals surface area contributed by atoms with Crippen LogP contribution in [0.2, 0.25) is 0 Å². The van der Waals surface area contributed by atoms with Gasteiger partial charge in [-0.3, -0.25) is 9.59 Å². The van der Waals surface area contributed by atoms with Gasteiger partial charge in [0.05, 0.1) is 19.9 Å². The van der Waals surface area contributed by atoms with Gasteiger partial charge in [0.15, 0.2) is 18.1 Å². The van der Waals surface area contributed by atoms with Crippen LogP contribution in [0.3, 0.4) is 0 Å². The summed E-state index contributed by atoms with van der Waals surface area (Å²) in [6.07, 6.45) is 1.55. The summed E-state index contributed by atoms with van der Waals surface area (Å²) >= 11 is 0. The van der Waals surface area contributed by atoms with Gasteiger partial charge in [0, 0.05) is 11.3 Å². The number of carbonyl (C=O) groups is 2. The molecule has 0 saturated heterocycles. The number of benzene rings is 2. The minimum Gasteiger partial charge on any atom is -0.493 e. The van der Waals surface area contributed by atoms with Gasteiger partial charge >= 0.3 is 0 Å². The Labute approximate surface area is 168 Å². The van der Waals surface area contributed by atoms with E-state index >= 15 is 0 Å². The topological polar surface area (TPSA) is 89.8 Å². The van der Waals surface area contributed by atoms with Gasteiger partial charge in [0.2, 0.25) is 0 Å². The summed E-state index contributed by atoms with van der Waals surface area (Å²) in [5.41, 5.74) is 1.95. The fraction of sp³-hybridized carbons (Fsp3) is 0.182.